The number of methoxy groups -OCH3 is 1. The van der Waals surface area contributed by atoms with Crippen LogP contribution < -0.4 is 0 Å². The Morgan fingerprint density at radius 2 is 2.05 bits per heavy atom. The van der Waals surface area contributed by atoms with E-state index < -0.39 is 28.0 Å². The van der Waals surface area contributed by atoms with Crippen LogP contribution in [0.2, 0.25) is 0 Å². The van der Waals surface area contributed by atoms with Crippen LogP contribution in [-0.4, -0.2) is 39.5 Å². The number of esters is 1. The van der Waals surface area contributed by atoms with Gasteiger partial charge in [-0.15, -0.1) is 0 Å². The average molecular weight is 298 g/mol. The number of ether oxygens (including phenoxy) is 2. The molecule has 1 fully saturated rings. The van der Waals surface area contributed by atoms with E-state index >= 15 is 0 Å². The van der Waals surface area contributed by atoms with Crippen LogP contribution in [0.5, 0.6) is 0 Å². The predicted molar refractivity (Wildman–Crippen MR) is 73.1 cm³/mol. The number of aryl methyl sites for hydroxylation is 1. The molecule has 1 aromatic carbocycles. The van der Waals surface area contributed by atoms with Crippen molar-refractivity contribution in [2.75, 3.05) is 12.9 Å². The van der Waals surface area contributed by atoms with Crippen molar-refractivity contribution in [1.82, 2.24) is 0 Å². The van der Waals surface area contributed by atoms with Gasteiger partial charge in [0, 0.05) is 0 Å². The molecule has 1 aromatic rings. The summed E-state index contributed by atoms with van der Waals surface area (Å²) in [4.78, 5) is 11.7. The fourth-order valence-corrected chi connectivity index (χ4v) is 4.13. The standard InChI is InChI=1S/C14H18O5S/c1-10-5-3-4-6-13(10)20(16,17)9-11-7-8-12(19-11)14(15)18-2/h3-6,11-12H,7-9H2,1-2H3/t11-,12+/m1/s1. The lowest BCUT2D eigenvalue weighted by molar-refractivity contribution is -0.152. The Labute approximate surface area is 118 Å². The Bertz CT molecular complexity index is 593. The highest BCUT2D eigenvalue weighted by Gasteiger charge is 2.34. The summed E-state index contributed by atoms with van der Waals surface area (Å²) >= 11 is 0. The lowest BCUT2D eigenvalue weighted by Crippen LogP contribution is -2.26. The highest BCUT2D eigenvalue weighted by molar-refractivity contribution is 7.91. The van der Waals surface area contributed by atoms with E-state index in [2.05, 4.69) is 4.74 Å². The summed E-state index contributed by atoms with van der Waals surface area (Å²) in [7, 11) is -2.11. The summed E-state index contributed by atoms with van der Waals surface area (Å²) in [6.45, 7) is 1.76. The number of carbonyl (C=O) groups is 1. The highest BCUT2D eigenvalue weighted by atomic mass is 32.2. The smallest absolute Gasteiger partial charge is 0.334 e. The zero-order valence-corrected chi connectivity index (χ0v) is 12.4. The minimum absolute atomic E-state index is 0.106. The number of benzene rings is 1. The van der Waals surface area contributed by atoms with E-state index in [-0.39, 0.29) is 5.75 Å². The molecule has 1 aliphatic heterocycles. The maximum absolute atomic E-state index is 12.4. The second kappa shape index (κ2) is 5.93. The van der Waals surface area contributed by atoms with Gasteiger partial charge in [0.25, 0.3) is 0 Å². The van der Waals surface area contributed by atoms with Crippen LogP contribution in [0.15, 0.2) is 29.2 Å². The molecule has 0 aliphatic carbocycles. The Morgan fingerprint density at radius 1 is 1.35 bits per heavy atom. The molecule has 0 unspecified atom stereocenters. The molecule has 0 radical (unpaired) electrons. The van der Waals surface area contributed by atoms with Gasteiger partial charge in [0.1, 0.15) is 0 Å². The first-order valence-corrected chi connectivity index (χ1v) is 8.11. The molecular weight excluding hydrogens is 280 g/mol. The van der Waals surface area contributed by atoms with E-state index in [0.717, 1.165) is 5.56 Å². The fraction of sp³-hybridized carbons (Fsp3) is 0.500. The van der Waals surface area contributed by atoms with Gasteiger partial charge in [0.15, 0.2) is 15.9 Å². The first-order valence-electron chi connectivity index (χ1n) is 6.45. The lowest BCUT2D eigenvalue weighted by Gasteiger charge is -2.13. The van der Waals surface area contributed by atoms with Gasteiger partial charge in [0.2, 0.25) is 0 Å². The summed E-state index contributed by atoms with van der Waals surface area (Å²) in [5.41, 5.74) is 0.718. The number of sulfone groups is 1. The normalized spacial score (nSPS) is 22.7. The van der Waals surface area contributed by atoms with Crippen molar-refractivity contribution >= 4 is 15.8 Å². The van der Waals surface area contributed by atoms with E-state index in [9.17, 15) is 13.2 Å². The zero-order valence-electron chi connectivity index (χ0n) is 11.5. The summed E-state index contributed by atoms with van der Waals surface area (Å²) in [6.07, 6.45) is -0.0494. The third-order valence-corrected chi connectivity index (χ3v) is 5.34. The summed E-state index contributed by atoms with van der Waals surface area (Å²) in [5, 5.41) is 0. The van der Waals surface area contributed by atoms with Crippen molar-refractivity contribution in [1.29, 1.82) is 0 Å². The second-order valence-electron chi connectivity index (χ2n) is 4.89. The Morgan fingerprint density at radius 3 is 2.70 bits per heavy atom. The predicted octanol–water partition coefficient (Wildman–Crippen LogP) is 1.49. The molecule has 2 rings (SSSR count). The molecule has 0 spiro atoms. The van der Waals surface area contributed by atoms with Crippen molar-refractivity contribution in [3.63, 3.8) is 0 Å². The molecule has 1 heterocycles. The highest BCUT2D eigenvalue weighted by Crippen LogP contribution is 2.25. The molecule has 110 valence electrons. The van der Waals surface area contributed by atoms with Crippen LogP contribution in [-0.2, 0) is 24.1 Å². The number of hydrogen-bond donors (Lipinski definition) is 0. The van der Waals surface area contributed by atoms with Gasteiger partial charge in [-0.3, -0.25) is 0 Å². The average Bonchev–Trinajstić information content (AvgIpc) is 2.85. The van der Waals surface area contributed by atoms with Crippen LogP contribution in [0.1, 0.15) is 18.4 Å². The largest absolute Gasteiger partial charge is 0.467 e. The molecule has 1 saturated heterocycles. The minimum atomic E-state index is -3.41. The molecule has 0 amide bonds. The first-order chi connectivity index (χ1) is 9.44. The molecular formula is C14H18O5S. The van der Waals surface area contributed by atoms with Crippen molar-refractivity contribution in [3.8, 4) is 0 Å². The van der Waals surface area contributed by atoms with Gasteiger partial charge in [-0.1, -0.05) is 18.2 Å². The Kier molecular flexibility index (Phi) is 4.45. The van der Waals surface area contributed by atoms with Gasteiger partial charge in [-0.05, 0) is 31.4 Å². The summed E-state index contributed by atoms with van der Waals surface area (Å²) in [6, 6.07) is 6.86. The molecule has 0 bridgehead atoms. The molecule has 20 heavy (non-hydrogen) atoms. The van der Waals surface area contributed by atoms with E-state index in [0.29, 0.717) is 17.7 Å². The van der Waals surface area contributed by atoms with Crippen molar-refractivity contribution in [2.24, 2.45) is 0 Å². The third kappa shape index (κ3) is 3.19. The van der Waals surface area contributed by atoms with Crippen molar-refractivity contribution < 1.29 is 22.7 Å². The van der Waals surface area contributed by atoms with Crippen molar-refractivity contribution in [2.45, 2.75) is 36.9 Å². The molecule has 0 N–H and O–H groups in total. The number of rotatable bonds is 4. The van der Waals surface area contributed by atoms with Crippen LogP contribution >= 0.6 is 0 Å². The monoisotopic (exact) mass is 298 g/mol. The topological polar surface area (TPSA) is 69.7 Å². The van der Waals surface area contributed by atoms with E-state index in [1.54, 1.807) is 31.2 Å². The fourth-order valence-electron chi connectivity index (χ4n) is 2.37. The number of carbonyl (C=O) groups excluding carboxylic acids is 1. The van der Waals surface area contributed by atoms with Crippen LogP contribution in [0.4, 0.5) is 0 Å². The molecule has 5 nitrogen and oxygen atoms in total. The molecule has 6 heteroatoms. The van der Waals surface area contributed by atoms with Gasteiger partial charge in [-0.2, -0.15) is 0 Å². The van der Waals surface area contributed by atoms with E-state index in [4.69, 9.17) is 4.74 Å². The van der Waals surface area contributed by atoms with Crippen LogP contribution in [0, 0.1) is 6.92 Å². The quantitative estimate of drug-likeness (QED) is 0.788. The maximum Gasteiger partial charge on any atom is 0.334 e. The summed E-state index contributed by atoms with van der Waals surface area (Å²) in [5.74, 6) is -0.550. The lowest BCUT2D eigenvalue weighted by atomic mass is 10.2. The SMILES string of the molecule is COC(=O)[C@@H]1CC[C@H](CS(=O)(=O)c2ccccc2C)O1. The Hall–Kier alpha value is -1.40. The van der Waals surface area contributed by atoms with Gasteiger partial charge in [-0.25, -0.2) is 13.2 Å². The number of hydrogen-bond acceptors (Lipinski definition) is 5. The molecule has 1 aliphatic rings. The Balaban J connectivity index is 2.08. The van der Waals surface area contributed by atoms with Gasteiger partial charge in [0.05, 0.1) is 23.9 Å². The zero-order chi connectivity index (χ0) is 14.8. The van der Waals surface area contributed by atoms with Crippen molar-refractivity contribution in [3.05, 3.63) is 29.8 Å². The third-order valence-electron chi connectivity index (χ3n) is 3.41. The second-order valence-corrected chi connectivity index (χ2v) is 6.90. The van der Waals surface area contributed by atoms with Gasteiger partial charge >= 0.3 is 5.97 Å². The summed E-state index contributed by atoms with van der Waals surface area (Å²) < 4.78 is 34.8. The van der Waals surface area contributed by atoms with Gasteiger partial charge < -0.3 is 9.47 Å². The maximum atomic E-state index is 12.4. The van der Waals surface area contributed by atoms with E-state index in [1.807, 2.05) is 0 Å². The molecule has 0 saturated carbocycles. The molecule has 2 atom stereocenters. The minimum Gasteiger partial charge on any atom is -0.467 e. The van der Waals surface area contributed by atoms with E-state index in [1.165, 1.54) is 7.11 Å². The van der Waals surface area contributed by atoms with Crippen LogP contribution in [0.25, 0.3) is 0 Å². The molecule has 0 aromatic heterocycles. The first kappa shape index (κ1) is 15.0. The van der Waals surface area contributed by atoms with Crippen LogP contribution in [0.3, 0.4) is 0 Å².